The lowest BCUT2D eigenvalue weighted by molar-refractivity contribution is -0.147. The summed E-state index contributed by atoms with van der Waals surface area (Å²) in [6.45, 7) is 11.6. The number of nitrogens with one attached hydrogen (secondary N) is 3. The predicted molar refractivity (Wildman–Crippen MR) is 172 cm³/mol. The standard InChI is InChI=1S/C33H46N4O6S/c1-22-13-10-11-16-24(22)20-35-29(40)28-33(5,6)44-21-37(28)30(41)27(39)25(19-23-14-8-7-9-15-23)36-26(38)17-12-18-34-31(42)43-32(2,3)4/h7-11,13-16,25,27-28,39H,12,17-21H2,1-6H3,(H,34,42)(H,35,40)(H,36,38)/t25-,27-,28+/m0/s1. The monoisotopic (exact) mass is 626 g/mol. The van der Waals surface area contributed by atoms with E-state index in [1.165, 1.54) is 16.7 Å². The number of aliphatic hydroxyl groups excluding tert-OH is 1. The van der Waals surface area contributed by atoms with Crippen molar-refractivity contribution in [1.29, 1.82) is 0 Å². The van der Waals surface area contributed by atoms with E-state index in [9.17, 15) is 24.3 Å². The van der Waals surface area contributed by atoms with Crippen LogP contribution in [0.1, 0.15) is 64.2 Å². The molecule has 2 aromatic rings. The van der Waals surface area contributed by atoms with E-state index in [1.807, 2.05) is 75.4 Å². The van der Waals surface area contributed by atoms with Gasteiger partial charge in [-0.3, -0.25) is 14.4 Å². The smallest absolute Gasteiger partial charge is 0.407 e. The van der Waals surface area contributed by atoms with Crippen molar-refractivity contribution in [3.8, 4) is 0 Å². The van der Waals surface area contributed by atoms with Crippen LogP contribution in [0.4, 0.5) is 4.79 Å². The number of alkyl carbamates (subject to hydrolysis) is 1. The highest BCUT2D eigenvalue weighted by Gasteiger charge is 2.49. The van der Waals surface area contributed by atoms with Gasteiger partial charge in [-0.15, -0.1) is 11.8 Å². The zero-order chi connectivity index (χ0) is 32.5. The Labute approximate surface area is 264 Å². The molecule has 44 heavy (non-hydrogen) atoms. The van der Waals surface area contributed by atoms with Crippen molar-refractivity contribution in [3.63, 3.8) is 0 Å². The molecule has 0 radical (unpaired) electrons. The Bertz CT molecular complexity index is 1300. The molecule has 1 fully saturated rings. The number of carbonyl (C=O) groups excluding carboxylic acids is 4. The maximum atomic E-state index is 13.8. The summed E-state index contributed by atoms with van der Waals surface area (Å²) in [5.74, 6) is -1.06. The second-order valence-corrected chi connectivity index (χ2v) is 14.2. The van der Waals surface area contributed by atoms with Gasteiger partial charge in [0.1, 0.15) is 11.6 Å². The summed E-state index contributed by atoms with van der Waals surface area (Å²) in [7, 11) is 0. The van der Waals surface area contributed by atoms with Crippen LogP contribution in [-0.4, -0.2) is 74.8 Å². The summed E-state index contributed by atoms with van der Waals surface area (Å²) in [5, 5.41) is 19.8. The highest BCUT2D eigenvalue weighted by atomic mass is 32.2. The normalized spacial score (nSPS) is 17.3. The molecule has 3 atom stereocenters. The van der Waals surface area contributed by atoms with Crippen LogP contribution in [0.2, 0.25) is 0 Å². The number of carbonyl (C=O) groups is 4. The van der Waals surface area contributed by atoms with Gasteiger partial charge in [-0.1, -0.05) is 54.6 Å². The van der Waals surface area contributed by atoms with E-state index < -0.39 is 40.5 Å². The average molecular weight is 627 g/mol. The molecule has 1 aliphatic heterocycles. The van der Waals surface area contributed by atoms with Gasteiger partial charge in [-0.2, -0.15) is 0 Å². The van der Waals surface area contributed by atoms with Crippen LogP contribution < -0.4 is 16.0 Å². The minimum Gasteiger partial charge on any atom is -0.444 e. The molecule has 240 valence electrons. The fourth-order valence-corrected chi connectivity index (χ4v) is 6.12. The van der Waals surface area contributed by atoms with Crippen LogP contribution in [0, 0.1) is 6.92 Å². The molecule has 4 amide bonds. The van der Waals surface area contributed by atoms with E-state index in [0.29, 0.717) is 13.0 Å². The molecule has 0 aromatic heterocycles. The molecule has 11 heteroatoms. The number of nitrogens with zero attached hydrogens (tertiary/aromatic N) is 1. The Kier molecular flexibility index (Phi) is 12.2. The molecule has 0 saturated carbocycles. The van der Waals surface area contributed by atoms with Crippen LogP contribution in [0.15, 0.2) is 54.6 Å². The first kappa shape index (κ1) is 34.9. The lowest BCUT2D eigenvalue weighted by atomic mass is 9.97. The lowest BCUT2D eigenvalue weighted by Crippen LogP contribution is -2.58. The van der Waals surface area contributed by atoms with Gasteiger partial charge in [0.2, 0.25) is 11.8 Å². The molecular formula is C33H46N4O6S. The Balaban J connectivity index is 1.68. The topological polar surface area (TPSA) is 137 Å². The molecule has 0 spiro atoms. The molecule has 1 aliphatic rings. The number of benzene rings is 2. The van der Waals surface area contributed by atoms with Crippen molar-refractivity contribution < 1.29 is 29.0 Å². The summed E-state index contributed by atoms with van der Waals surface area (Å²) in [4.78, 5) is 53.5. The zero-order valence-corrected chi connectivity index (χ0v) is 27.3. The molecule has 1 heterocycles. The molecule has 0 aliphatic carbocycles. The van der Waals surface area contributed by atoms with Crippen molar-refractivity contribution in [1.82, 2.24) is 20.9 Å². The number of amides is 4. The summed E-state index contributed by atoms with van der Waals surface area (Å²) >= 11 is 1.46. The number of aryl methyl sites for hydroxylation is 1. The van der Waals surface area contributed by atoms with E-state index in [2.05, 4.69) is 16.0 Å². The van der Waals surface area contributed by atoms with Gasteiger partial charge in [0.25, 0.3) is 5.91 Å². The molecule has 2 aromatic carbocycles. The van der Waals surface area contributed by atoms with Crippen molar-refractivity contribution in [2.24, 2.45) is 0 Å². The Morgan fingerprint density at radius 1 is 1.05 bits per heavy atom. The highest BCUT2D eigenvalue weighted by Crippen LogP contribution is 2.40. The number of rotatable bonds is 12. The quantitative estimate of drug-likeness (QED) is 0.264. The molecule has 0 unspecified atom stereocenters. The summed E-state index contributed by atoms with van der Waals surface area (Å²) in [6, 6.07) is 15.3. The Hall–Kier alpha value is -3.57. The van der Waals surface area contributed by atoms with Gasteiger partial charge in [-0.25, -0.2) is 4.79 Å². The van der Waals surface area contributed by atoms with E-state index in [4.69, 9.17) is 4.74 Å². The predicted octanol–water partition coefficient (Wildman–Crippen LogP) is 3.68. The third kappa shape index (κ3) is 10.3. The minimum atomic E-state index is -1.58. The van der Waals surface area contributed by atoms with Gasteiger partial charge in [0, 0.05) is 24.3 Å². The van der Waals surface area contributed by atoms with E-state index in [-0.39, 0.29) is 37.1 Å². The molecule has 1 saturated heterocycles. The third-order valence-electron chi connectivity index (χ3n) is 7.32. The lowest BCUT2D eigenvalue weighted by Gasteiger charge is -2.33. The van der Waals surface area contributed by atoms with Crippen LogP contribution in [-0.2, 0) is 32.1 Å². The first-order valence-corrected chi connectivity index (χ1v) is 15.9. The van der Waals surface area contributed by atoms with Crippen LogP contribution in [0.5, 0.6) is 0 Å². The molecule has 0 bridgehead atoms. The largest absolute Gasteiger partial charge is 0.444 e. The first-order chi connectivity index (χ1) is 20.7. The van der Waals surface area contributed by atoms with Crippen molar-refractivity contribution in [2.75, 3.05) is 12.4 Å². The molecule has 10 nitrogen and oxygen atoms in total. The number of aliphatic hydroxyl groups is 1. The summed E-state index contributed by atoms with van der Waals surface area (Å²) in [5.41, 5.74) is 2.24. The van der Waals surface area contributed by atoms with Crippen molar-refractivity contribution >= 4 is 35.6 Å². The first-order valence-electron chi connectivity index (χ1n) is 14.9. The second kappa shape index (κ2) is 15.4. The highest BCUT2D eigenvalue weighted by molar-refractivity contribution is 8.00. The van der Waals surface area contributed by atoms with Gasteiger partial charge in [0.15, 0.2) is 6.10 Å². The number of thioether (sulfide) groups is 1. The average Bonchev–Trinajstić information content (AvgIpc) is 3.28. The fraction of sp³-hybridized carbons (Fsp3) is 0.515. The second-order valence-electron chi connectivity index (χ2n) is 12.6. The van der Waals surface area contributed by atoms with Crippen molar-refractivity contribution in [3.05, 3.63) is 71.3 Å². The minimum absolute atomic E-state index is 0.0680. The van der Waals surface area contributed by atoms with E-state index in [0.717, 1.165) is 16.7 Å². The van der Waals surface area contributed by atoms with E-state index >= 15 is 0 Å². The Morgan fingerprint density at radius 3 is 2.36 bits per heavy atom. The molecule has 3 rings (SSSR count). The van der Waals surface area contributed by atoms with Gasteiger partial charge < -0.3 is 30.7 Å². The number of hydrogen-bond donors (Lipinski definition) is 4. The van der Waals surface area contributed by atoms with Crippen molar-refractivity contribution in [2.45, 2.75) is 95.9 Å². The fourth-order valence-electron chi connectivity index (χ4n) is 4.98. The summed E-state index contributed by atoms with van der Waals surface area (Å²) < 4.78 is 4.62. The summed E-state index contributed by atoms with van der Waals surface area (Å²) in [6.07, 6.45) is -1.53. The van der Waals surface area contributed by atoms with Gasteiger partial charge >= 0.3 is 6.09 Å². The van der Waals surface area contributed by atoms with Crippen LogP contribution >= 0.6 is 11.8 Å². The molecule has 4 N–H and O–H groups in total. The maximum Gasteiger partial charge on any atom is 0.407 e. The maximum absolute atomic E-state index is 13.8. The molecular weight excluding hydrogens is 580 g/mol. The van der Waals surface area contributed by atoms with Crippen LogP contribution in [0.3, 0.4) is 0 Å². The number of hydrogen-bond acceptors (Lipinski definition) is 7. The van der Waals surface area contributed by atoms with Gasteiger partial charge in [-0.05, 0) is 71.1 Å². The SMILES string of the molecule is Cc1ccccc1CNC(=O)[C@H]1N(C(=O)[C@@H](O)[C@H](Cc2ccccc2)NC(=O)CCCNC(=O)OC(C)(C)C)CSC1(C)C. The zero-order valence-electron chi connectivity index (χ0n) is 26.5. The van der Waals surface area contributed by atoms with E-state index in [1.54, 1.807) is 20.8 Å². The third-order valence-corrected chi connectivity index (χ3v) is 8.69. The van der Waals surface area contributed by atoms with Crippen LogP contribution in [0.25, 0.3) is 0 Å². The Morgan fingerprint density at radius 2 is 1.70 bits per heavy atom. The number of ether oxygens (including phenoxy) is 1. The van der Waals surface area contributed by atoms with Gasteiger partial charge in [0.05, 0.1) is 11.9 Å².